The molecule has 0 radical (unpaired) electrons. The number of sulfone groups is 1. The quantitative estimate of drug-likeness (QED) is 0.917. The number of hydrogen-bond donors (Lipinski definition) is 1. The summed E-state index contributed by atoms with van der Waals surface area (Å²) in [5.41, 5.74) is 1.12. The fourth-order valence-electron chi connectivity index (χ4n) is 1.84. The van der Waals surface area contributed by atoms with Crippen LogP contribution >= 0.6 is 11.8 Å². The second kappa shape index (κ2) is 6.60. The van der Waals surface area contributed by atoms with E-state index in [4.69, 9.17) is 0 Å². The third kappa shape index (κ3) is 4.06. The Labute approximate surface area is 129 Å². The van der Waals surface area contributed by atoms with E-state index >= 15 is 0 Å². The summed E-state index contributed by atoms with van der Waals surface area (Å²) in [6, 6.07) is 11.0. The van der Waals surface area contributed by atoms with Gasteiger partial charge >= 0.3 is 0 Å². The van der Waals surface area contributed by atoms with Crippen molar-refractivity contribution in [1.82, 2.24) is 10.3 Å². The van der Waals surface area contributed by atoms with Gasteiger partial charge < -0.3 is 5.32 Å². The summed E-state index contributed by atoms with van der Waals surface area (Å²) in [5, 5.41) is 4.13. The number of benzene rings is 1. The standard InChI is InChI=1S/C15H18N2O2S2/c1-11(16-2)14-5-4-10-17-15(14)20-12-6-8-13(9-7-12)21(3,18)19/h4-11,16H,1-3H3. The molecule has 1 N–H and O–H groups in total. The molecular formula is C15H18N2O2S2. The average Bonchev–Trinajstić information content (AvgIpc) is 2.46. The number of nitrogens with one attached hydrogen (secondary N) is 1. The number of pyridine rings is 1. The highest BCUT2D eigenvalue weighted by Gasteiger charge is 2.12. The largest absolute Gasteiger partial charge is 0.313 e. The molecule has 0 fully saturated rings. The van der Waals surface area contributed by atoms with Gasteiger partial charge in [-0.25, -0.2) is 13.4 Å². The number of nitrogens with zero attached hydrogens (tertiary/aromatic N) is 1. The maximum absolute atomic E-state index is 11.5. The molecule has 0 aliphatic rings. The molecule has 0 bridgehead atoms. The van der Waals surface area contributed by atoms with E-state index in [0.29, 0.717) is 4.90 Å². The van der Waals surface area contributed by atoms with Crippen molar-refractivity contribution in [3.05, 3.63) is 48.2 Å². The van der Waals surface area contributed by atoms with Gasteiger partial charge in [0.2, 0.25) is 0 Å². The first-order valence-corrected chi connectivity index (χ1v) is 9.23. The van der Waals surface area contributed by atoms with Gasteiger partial charge in [-0.1, -0.05) is 17.8 Å². The van der Waals surface area contributed by atoms with E-state index in [-0.39, 0.29) is 6.04 Å². The second-order valence-corrected chi connectivity index (χ2v) is 7.83. The van der Waals surface area contributed by atoms with Crippen LogP contribution in [0.15, 0.2) is 57.4 Å². The van der Waals surface area contributed by atoms with Crippen LogP contribution in [0.1, 0.15) is 18.5 Å². The van der Waals surface area contributed by atoms with E-state index in [2.05, 4.69) is 17.2 Å². The van der Waals surface area contributed by atoms with Gasteiger partial charge in [-0.15, -0.1) is 0 Å². The van der Waals surface area contributed by atoms with Crippen molar-refractivity contribution in [3.63, 3.8) is 0 Å². The maximum atomic E-state index is 11.5. The Kier molecular flexibility index (Phi) is 5.03. The smallest absolute Gasteiger partial charge is 0.175 e. The molecule has 1 unspecified atom stereocenters. The Morgan fingerprint density at radius 1 is 1.19 bits per heavy atom. The summed E-state index contributed by atoms with van der Waals surface area (Å²) < 4.78 is 22.9. The van der Waals surface area contributed by atoms with Crippen LogP contribution in [0.4, 0.5) is 0 Å². The third-order valence-electron chi connectivity index (χ3n) is 3.17. The van der Waals surface area contributed by atoms with Gasteiger partial charge in [0, 0.05) is 29.0 Å². The van der Waals surface area contributed by atoms with Crippen LogP contribution < -0.4 is 5.32 Å². The van der Waals surface area contributed by atoms with E-state index in [0.717, 1.165) is 15.5 Å². The zero-order valence-corrected chi connectivity index (χ0v) is 13.8. The normalized spacial score (nSPS) is 13.1. The Morgan fingerprint density at radius 2 is 1.86 bits per heavy atom. The molecule has 4 nitrogen and oxygen atoms in total. The molecule has 0 amide bonds. The molecular weight excluding hydrogens is 304 g/mol. The Bertz CT molecular complexity index is 713. The summed E-state index contributed by atoms with van der Waals surface area (Å²) in [4.78, 5) is 5.71. The van der Waals surface area contributed by atoms with Crippen LogP contribution in [0.5, 0.6) is 0 Å². The molecule has 2 rings (SSSR count). The third-order valence-corrected chi connectivity index (χ3v) is 5.34. The summed E-state index contributed by atoms with van der Waals surface area (Å²) in [7, 11) is -1.24. The summed E-state index contributed by atoms with van der Waals surface area (Å²) >= 11 is 1.53. The van der Waals surface area contributed by atoms with Crippen molar-refractivity contribution in [2.45, 2.75) is 27.8 Å². The number of aromatic nitrogens is 1. The van der Waals surface area contributed by atoms with Gasteiger partial charge in [-0.3, -0.25) is 0 Å². The number of hydrogen-bond acceptors (Lipinski definition) is 5. The molecule has 0 aliphatic heterocycles. The zero-order chi connectivity index (χ0) is 15.5. The Morgan fingerprint density at radius 3 is 2.43 bits per heavy atom. The molecule has 6 heteroatoms. The second-order valence-electron chi connectivity index (χ2n) is 4.75. The lowest BCUT2D eigenvalue weighted by Crippen LogP contribution is -2.13. The van der Waals surface area contributed by atoms with Gasteiger partial charge in [-0.05, 0) is 44.3 Å². The molecule has 112 valence electrons. The van der Waals surface area contributed by atoms with Crippen molar-refractivity contribution < 1.29 is 8.42 Å². The Balaban J connectivity index is 2.27. The molecule has 1 aromatic heterocycles. The highest BCUT2D eigenvalue weighted by Crippen LogP contribution is 2.31. The first kappa shape index (κ1) is 16.0. The minimum Gasteiger partial charge on any atom is -0.313 e. The van der Waals surface area contributed by atoms with Gasteiger partial charge in [0.05, 0.1) is 4.90 Å². The van der Waals surface area contributed by atoms with Crippen LogP contribution in [0.3, 0.4) is 0 Å². The highest BCUT2D eigenvalue weighted by molar-refractivity contribution is 7.99. The van der Waals surface area contributed by atoms with Crippen molar-refractivity contribution >= 4 is 21.6 Å². The first-order chi connectivity index (χ1) is 9.91. The molecule has 0 aliphatic carbocycles. The molecule has 1 atom stereocenters. The molecule has 1 heterocycles. The molecule has 1 aromatic carbocycles. The minimum atomic E-state index is -3.15. The van der Waals surface area contributed by atoms with Gasteiger partial charge in [0.1, 0.15) is 5.03 Å². The topological polar surface area (TPSA) is 59.1 Å². The molecule has 0 spiro atoms. The van der Waals surface area contributed by atoms with Crippen LogP contribution in [0.25, 0.3) is 0 Å². The monoisotopic (exact) mass is 322 g/mol. The van der Waals surface area contributed by atoms with Crippen LogP contribution in [-0.2, 0) is 9.84 Å². The summed E-state index contributed by atoms with van der Waals surface area (Å²) in [6.07, 6.45) is 2.97. The van der Waals surface area contributed by atoms with Gasteiger partial charge in [0.15, 0.2) is 9.84 Å². The SMILES string of the molecule is CNC(C)c1cccnc1Sc1ccc(S(C)(=O)=O)cc1. The zero-order valence-electron chi connectivity index (χ0n) is 12.2. The maximum Gasteiger partial charge on any atom is 0.175 e. The molecule has 2 aromatic rings. The van der Waals surface area contributed by atoms with Crippen molar-refractivity contribution in [2.24, 2.45) is 0 Å². The van der Waals surface area contributed by atoms with E-state index in [1.165, 1.54) is 18.0 Å². The highest BCUT2D eigenvalue weighted by atomic mass is 32.2. The fourth-order valence-corrected chi connectivity index (χ4v) is 3.44. The lowest BCUT2D eigenvalue weighted by Gasteiger charge is -2.14. The lowest BCUT2D eigenvalue weighted by molar-refractivity contribution is 0.602. The molecule has 0 saturated carbocycles. The number of rotatable bonds is 5. The summed E-state index contributed by atoms with van der Waals surface area (Å²) in [6.45, 7) is 2.08. The van der Waals surface area contributed by atoms with Crippen molar-refractivity contribution in [1.29, 1.82) is 0 Å². The minimum absolute atomic E-state index is 0.205. The van der Waals surface area contributed by atoms with Crippen LogP contribution in [-0.4, -0.2) is 26.7 Å². The van der Waals surface area contributed by atoms with E-state index < -0.39 is 9.84 Å². The lowest BCUT2D eigenvalue weighted by atomic mass is 10.1. The van der Waals surface area contributed by atoms with Crippen LogP contribution in [0.2, 0.25) is 0 Å². The summed E-state index contributed by atoms with van der Waals surface area (Å²) in [5.74, 6) is 0. The van der Waals surface area contributed by atoms with E-state index in [1.54, 1.807) is 18.3 Å². The Hall–Kier alpha value is -1.37. The van der Waals surface area contributed by atoms with E-state index in [1.807, 2.05) is 31.3 Å². The van der Waals surface area contributed by atoms with E-state index in [9.17, 15) is 8.42 Å². The van der Waals surface area contributed by atoms with Crippen LogP contribution in [0, 0.1) is 0 Å². The predicted octanol–water partition coefficient (Wildman–Crippen LogP) is 2.92. The van der Waals surface area contributed by atoms with Gasteiger partial charge in [0.25, 0.3) is 0 Å². The first-order valence-electron chi connectivity index (χ1n) is 6.52. The average molecular weight is 322 g/mol. The van der Waals surface area contributed by atoms with Crippen molar-refractivity contribution in [3.8, 4) is 0 Å². The predicted molar refractivity (Wildman–Crippen MR) is 85.4 cm³/mol. The van der Waals surface area contributed by atoms with Gasteiger partial charge in [-0.2, -0.15) is 0 Å². The molecule has 21 heavy (non-hydrogen) atoms. The van der Waals surface area contributed by atoms with Crippen molar-refractivity contribution in [2.75, 3.05) is 13.3 Å². The molecule has 0 saturated heterocycles. The fraction of sp³-hybridized carbons (Fsp3) is 0.267.